The third-order valence-electron chi connectivity index (χ3n) is 1.82. The van der Waals surface area contributed by atoms with Crippen molar-refractivity contribution in [2.75, 3.05) is 6.54 Å². The minimum absolute atomic E-state index is 0.146. The SMILES string of the molecule is NCCC(N)Cc1ccc(Br)nc1. The Hall–Kier alpha value is -0.450. The highest BCUT2D eigenvalue weighted by molar-refractivity contribution is 9.10. The van der Waals surface area contributed by atoms with E-state index in [-0.39, 0.29) is 6.04 Å². The second kappa shape index (κ2) is 5.32. The van der Waals surface area contributed by atoms with Crippen LogP contribution in [0, 0.1) is 0 Å². The van der Waals surface area contributed by atoms with Crippen LogP contribution >= 0.6 is 15.9 Å². The Morgan fingerprint density at radius 3 is 2.77 bits per heavy atom. The van der Waals surface area contributed by atoms with E-state index in [0.717, 1.165) is 23.0 Å². The van der Waals surface area contributed by atoms with E-state index in [0.29, 0.717) is 6.54 Å². The summed E-state index contributed by atoms with van der Waals surface area (Å²) in [5.74, 6) is 0. The third-order valence-corrected chi connectivity index (χ3v) is 2.29. The van der Waals surface area contributed by atoms with Crippen LogP contribution in [0.3, 0.4) is 0 Å². The molecule has 0 spiro atoms. The first-order chi connectivity index (χ1) is 6.22. The molecule has 1 atom stereocenters. The van der Waals surface area contributed by atoms with E-state index in [4.69, 9.17) is 11.5 Å². The standard InChI is InChI=1S/C9H14BrN3/c10-9-2-1-7(6-13-9)5-8(12)3-4-11/h1-2,6,8H,3-5,11-12H2. The zero-order valence-electron chi connectivity index (χ0n) is 7.41. The lowest BCUT2D eigenvalue weighted by Crippen LogP contribution is -2.26. The van der Waals surface area contributed by atoms with Crippen LogP contribution in [-0.2, 0) is 6.42 Å². The highest BCUT2D eigenvalue weighted by Crippen LogP contribution is 2.08. The van der Waals surface area contributed by atoms with Crippen molar-refractivity contribution < 1.29 is 0 Å². The quantitative estimate of drug-likeness (QED) is 0.778. The number of aromatic nitrogens is 1. The summed E-state index contributed by atoms with van der Waals surface area (Å²) in [6.45, 7) is 0.644. The van der Waals surface area contributed by atoms with Gasteiger partial charge in [-0.25, -0.2) is 4.98 Å². The molecule has 13 heavy (non-hydrogen) atoms. The molecule has 0 fully saturated rings. The van der Waals surface area contributed by atoms with E-state index in [1.165, 1.54) is 0 Å². The maximum absolute atomic E-state index is 5.83. The zero-order chi connectivity index (χ0) is 9.68. The van der Waals surface area contributed by atoms with Crippen molar-refractivity contribution in [3.63, 3.8) is 0 Å². The molecule has 4 N–H and O–H groups in total. The van der Waals surface area contributed by atoms with Gasteiger partial charge in [0.15, 0.2) is 0 Å². The van der Waals surface area contributed by atoms with E-state index in [9.17, 15) is 0 Å². The van der Waals surface area contributed by atoms with Gasteiger partial charge in [0.2, 0.25) is 0 Å². The topological polar surface area (TPSA) is 64.9 Å². The molecule has 0 aromatic carbocycles. The monoisotopic (exact) mass is 243 g/mol. The molecular weight excluding hydrogens is 230 g/mol. The van der Waals surface area contributed by atoms with E-state index < -0.39 is 0 Å². The van der Waals surface area contributed by atoms with Crippen molar-refractivity contribution in [1.82, 2.24) is 4.98 Å². The Bertz CT molecular complexity index is 248. The molecule has 72 valence electrons. The Morgan fingerprint density at radius 1 is 1.46 bits per heavy atom. The van der Waals surface area contributed by atoms with E-state index in [1.807, 2.05) is 18.3 Å². The Morgan fingerprint density at radius 2 is 2.23 bits per heavy atom. The van der Waals surface area contributed by atoms with Crippen LogP contribution in [0.4, 0.5) is 0 Å². The van der Waals surface area contributed by atoms with Gasteiger partial charge in [-0.1, -0.05) is 6.07 Å². The highest BCUT2D eigenvalue weighted by atomic mass is 79.9. The average Bonchev–Trinajstić information content (AvgIpc) is 2.09. The molecule has 0 amide bonds. The van der Waals surface area contributed by atoms with E-state index >= 15 is 0 Å². The molecule has 1 heterocycles. The number of nitrogens with zero attached hydrogens (tertiary/aromatic N) is 1. The Labute approximate surface area is 86.7 Å². The number of pyridine rings is 1. The summed E-state index contributed by atoms with van der Waals surface area (Å²) >= 11 is 3.28. The first-order valence-electron chi connectivity index (χ1n) is 4.28. The summed E-state index contributed by atoms with van der Waals surface area (Å²) in [7, 11) is 0. The maximum Gasteiger partial charge on any atom is 0.106 e. The molecule has 4 heteroatoms. The molecule has 1 unspecified atom stereocenters. The first-order valence-corrected chi connectivity index (χ1v) is 5.07. The minimum Gasteiger partial charge on any atom is -0.330 e. The smallest absolute Gasteiger partial charge is 0.106 e. The van der Waals surface area contributed by atoms with Crippen molar-refractivity contribution in [3.05, 3.63) is 28.5 Å². The van der Waals surface area contributed by atoms with E-state index in [1.54, 1.807) is 0 Å². The molecule has 0 saturated heterocycles. The number of hydrogen-bond donors (Lipinski definition) is 2. The fraction of sp³-hybridized carbons (Fsp3) is 0.444. The largest absolute Gasteiger partial charge is 0.330 e. The number of hydrogen-bond acceptors (Lipinski definition) is 3. The van der Waals surface area contributed by atoms with Gasteiger partial charge >= 0.3 is 0 Å². The van der Waals surface area contributed by atoms with E-state index in [2.05, 4.69) is 20.9 Å². The Kier molecular flexibility index (Phi) is 4.35. The summed E-state index contributed by atoms with van der Waals surface area (Å²) in [6, 6.07) is 4.09. The summed E-state index contributed by atoms with van der Waals surface area (Å²) < 4.78 is 0.851. The highest BCUT2D eigenvalue weighted by Gasteiger charge is 2.02. The van der Waals surface area contributed by atoms with Gasteiger partial charge in [0.25, 0.3) is 0 Å². The van der Waals surface area contributed by atoms with Gasteiger partial charge in [-0.05, 0) is 46.9 Å². The van der Waals surface area contributed by atoms with Crippen LogP contribution in [0.15, 0.2) is 22.9 Å². The molecule has 0 bridgehead atoms. The van der Waals surface area contributed by atoms with Crippen LogP contribution < -0.4 is 11.5 Å². The fourth-order valence-corrected chi connectivity index (χ4v) is 1.38. The fourth-order valence-electron chi connectivity index (χ4n) is 1.15. The first kappa shape index (κ1) is 10.6. The molecule has 0 aliphatic rings. The summed E-state index contributed by atoms with van der Waals surface area (Å²) in [6.07, 6.45) is 3.54. The lowest BCUT2D eigenvalue weighted by atomic mass is 10.1. The van der Waals surface area contributed by atoms with Gasteiger partial charge in [-0.2, -0.15) is 0 Å². The lowest BCUT2D eigenvalue weighted by Gasteiger charge is -2.09. The lowest BCUT2D eigenvalue weighted by molar-refractivity contribution is 0.618. The van der Waals surface area contributed by atoms with Crippen molar-refractivity contribution in [3.8, 4) is 0 Å². The van der Waals surface area contributed by atoms with Gasteiger partial charge in [0.05, 0.1) is 0 Å². The summed E-state index contributed by atoms with van der Waals surface area (Å²) in [5.41, 5.74) is 12.4. The zero-order valence-corrected chi connectivity index (χ0v) is 9.00. The van der Waals surface area contributed by atoms with Crippen LogP contribution in [-0.4, -0.2) is 17.6 Å². The molecule has 0 aliphatic heterocycles. The molecule has 0 saturated carbocycles. The second-order valence-corrected chi connectivity index (χ2v) is 3.84. The van der Waals surface area contributed by atoms with Crippen molar-refractivity contribution in [2.45, 2.75) is 18.9 Å². The molecule has 1 aromatic heterocycles. The van der Waals surface area contributed by atoms with Gasteiger partial charge in [0.1, 0.15) is 4.60 Å². The Balaban J connectivity index is 2.49. The molecule has 0 radical (unpaired) electrons. The predicted octanol–water partition coefficient (Wildman–Crippen LogP) is 1.06. The number of halogens is 1. The average molecular weight is 244 g/mol. The van der Waals surface area contributed by atoms with Crippen molar-refractivity contribution >= 4 is 15.9 Å². The van der Waals surface area contributed by atoms with Crippen LogP contribution in [0.25, 0.3) is 0 Å². The van der Waals surface area contributed by atoms with Gasteiger partial charge in [-0.3, -0.25) is 0 Å². The maximum atomic E-state index is 5.83. The molecule has 0 aliphatic carbocycles. The predicted molar refractivity (Wildman–Crippen MR) is 57.3 cm³/mol. The van der Waals surface area contributed by atoms with Crippen LogP contribution in [0.5, 0.6) is 0 Å². The molecule has 3 nitrogen and oxygen atoms in total. The summed E-state index contributed by atoms with van der Waals surface area (Å²) in [4.78, 5) is 4.12. The summed E-state index contributed by atoms with van der Waals surface area (Å²) in [5, 5.41) is 0. The van der Waals surface area contributed by atoms with Gasteiger partial charge in [0, 0.05) is 12.2 Å². The van der Waals surface area contributed by atoms with Crippen LogP contribution in [0.2, 0.25) is 0 Å². The third kappa shape index (κ3) is 3.85. The molecule has 1 aromatic rings. The minimum atomic E-state index is 0.146. The number of nitrogens with two attached hydrogens (primary N) is 2. The normalized spacial score (nSPS) is 12.8. The van der Waals surface area contributed by atoms with Crippen molar-refractivity contribution in [2.24, 2.45) is 11.5 Å². The number of rotatable bonds is 4. The second-order valence-electron chi connectivity index (χ2n) is 3.03. The molecular formula is C9H14BrN3. The van der Waals surface area contributed by atoms with Gasteiger partial charge in [-0.15, -0.1) is 0 Å². The van der Waals surface area contributed by atoms with Crippen LogP contribution in [0.1, 0.15) is 12.0 Å². The van der Waals surface area contributed by atoms with Crippen molar-refractivity contribution in [1.29, 1.82) is 0 Å². The molecule has 1 rings (SSSR count). The van der Waals surface area contributed by atoms with Gasteiger partial charge < -0.3 is 11.5 Å².